The lowest BCUT2D eigenvalue weighted by Gasteiger charge is -2.39. The fraction of sp³-hybridized carbons (Fsp3) is 0.846. The van der Waals surface area contributed by atoms with E-state index in [1.54, 1.807) is 4.90 Å². The smallest absolute Gasteiger partial charge is 0.317 e. The Morgan fingerprint density at radius 3 is 2.63 bits per heavy atom. The van der Waals surface area contributed by atoms with Crippen molar-refractivity contribution in [3.05, 3.63) is 0 Å². The fourth-order valence-corrected chi connectivity index (χ4v) is 2.90. The minimum Gasteiger partial charge on any atom is -0.481 e. The Morgan fingerprint density at radius 1 is 1.26 bits per heavy atom. The van der Waals surface area contributed by atoms with Crippen LogP contribution in [0.3, 0.4) is 0 Å². The van der Waals surface area contributed by atoms with Gasteiger partial charge in [-0.05, 0) is 32.4 Å². The van der Waals surface area contributed by atoms with Gasteiger partial charge in [0.05, 0.1) is 6.42 Å². The first kappa shape index (κ1) is 14.1. The van der Waals surface area contributed by atoms with Gasteiger partial charge in [0, 0.05) is 32.1 Å². The van der Waals surface area contributed by atoms with Crippen molar-refractivity contribution in [1.29, 1.82) is 0 Å². The van der Waals surface area contributed by atoms with Crippen molar-refractivity contribution in [2.75, 3.05) is 39.8 Å². The molecule has 2 aliphatic rings. The molecule has 2 amide bonds. The van der Waals surface area contributed by atoms with Crippen LogP contribution in [0, 0.1) is 11.8 Å². The summed E-state index contributed by atoms with van der Waals surface area (Å²) in [6.07, 6.45) is 2.53. The van der Waals surface area contributed by atoms with Crippen LogP contribution < -0.4 is 5.32 Å². The molecule has 0 bridgehead atoms. The number of carbonyl (C=O) groups excluding carboxylic acids is 1. The second-order valence-electron chi connectivity index (χ2n) is 5.83. The maximum absolute atomic E-state index is 11.8. The van der Waals surface area contributed by atoms with Crippen molar-refractivity contribution < 1.29 is 14.7 Å². The molecule has 2 saturated heterocycles. The third-order valence-corrected chi connectivity index (χ3v) is 3.97. The molecule has 0 aromatic carbocycles. The van der Waals surface area contributed by atoms with E-state index in [0.29, 0.717) is 19.0 Å². The Labute approximate surface area is 113 Å². The van der Waals surface area contributed by atoms with Crippen molar-refractivity contribution in [3.63, 3.8) is 0 Å². The number of carbonyl (C=O) groups is 2. The van der Waals surface area contributed by atoms with Gasteiger partial charge in [-0.2, -0.15) is 0 Å². The first-order valence-electron chi connectivity index (χ1n) is 6.97. The highest BCUT2D eigenvalue weighted by molar-refractivity contribution is 5.75. The van der Waals surface area contributed by atoms with E-state index in [0.717, 1.165) is 19.6 Å². The molecule has 19 heavy (non-hydrogen) atoms. The first-order valence-corrected chi connectivity index (χ1v) is 6.97. The van der Waals surface area contributed by atoms with E-state index in [4.69, 9.17) is 5.11 Å². The van der Waals surface area contributed by atoms with E-state index >= 15 is 0 Å². The highest BCUT2D eigenvalue weighted by Crippen LogP contribution is 2.19. The Kier molecular flexibility index (Phi) is 4.63. The molecule has 0 aliphatic carbocycles. The summed E-state index contributed by atoms with van der Waals surface area (Å²) in [6.45, 7) is 4.06. The standard InChI is InChI=1S/C13H23N3O3/c1-15-4-2-3-10(7-15)6-14-13(19)16-8-11(9-16)5-12(17)18/h10-11H,2-9H2,1H3,(H,14,19)(H,17,18). The number of piperidine rings is 1. The zero-order valence-electron chi connectivity index (χ0n) is 11.5. The maximum atomic E-state index is 11.8. The van der Waals surface area contributed by atoms with Gasteiger partial charge in [0.2, 0.25) is 0 Å². The second-order valence-corrected chi connectivity index (χ2v) is 5.83. The summed E-state index contributed by atoms with van der Waals surface area (Å²) in [4.78, 5) is 26.3. The van der Waals surface area contributed by atoms with E-state index in [-0.39, 0.29) is 18.4 Å². The number of nitrogens with zero attached hydrogens (tertiary/aromatic N) is 2. The average Bonchev–Trinajstić information content (AvgIpc) is 2.30. The number of carboxylic acids is 1. The predicted molar refractivity (Wildman–Crippen MR) is 70.9 cm³/mol. The highest BCUT2D eigenvalue weighted by Gasteiger charge is 2.32. The summed E-state index contributed by atoms with van der Waals surface area (Å²) in [5, 5.41) is 11.6. The Hall–Kier alpha value is -1.30. The van der Waals surface area contributed by atoms with Gasteiger partial charge in [-0.25, -0.2) is 4.79 Å². The summed E-state index contributed by atoms with van der Waals surface area (Å²) in [6, 6.07) is -0.0464. The van der Waals surface area contributed by atoms with Crippen LogP contribution in [0.1, 0.15) is 19.3 Å². The van der Waals surface area contributed by atoms with E-state index in [1.165, 1.54) is 12.8 Å². The minimum atomic E-state index is -0.782. The van der Waals surface area contributed by atoms with E-state index in [1.807, 2.05) is 0 Å². The van der Waals surface area contributed by atoms with Gasteiger partial charge in [-0.1, -0.05) is 0 Å². The molecule has 1 unspecified atom stereocenters. The van der Waals surface area contributed by atoms with Gasteiger partial charge in [-0.15, -0.1) is 0 Å². The number of hydrogen-bond acceptors (Lipinski definition) is 3. The Balaban J connectivity index is 1.62. The van der Waals surface area contributed by atoms with Crippen LogP contribution in [0.5, 0.6) is 0 Å². The molecule has 0 spiro atoms. The molecule has 0 aromatic rings. The number of amides is 2. The molecule has 0 aromatic heterocycles. The van der Waals surface area contributed by atoms with Crippen LogP contribution in [0.2, 0.25) is 0 Å². The number of nitrogens with one attached hydrogen (secondary N) is 1. The van der Waals surface area contributed by atoms with Gasteiger partial charge in [-0.3, -0.25) is 4.79 Å². The number of urea groups is 1. The van der Waals surface area contributed by atoms with Crippen LogP contribution in [0.25, 0.3) is 0 Å². The van der Waals surface area contributed by atoms with Crippen LogP contribution in [-0.2, 0) is 4.79 Å². The average molecular weight is 269 g/mol. The fourth-order valence-electron chi connectivity index (χ4n) is 2.90. The molecule has 6 heteroatoms. The van der Waals surface area contributed by atoms with Crippen molar-refractivity contribution in [1.82, 2.24) is 15.1 Å². The van der Waals surface area contributed by atoms with Crippen LogP contribution in [0.15, 0.2) is 0 Å². The summed E-state index contributed by atoms with van der Waals surface area (Å²) < 4.78 is 0. The van der Waals surface area contributed by atoms with Gasteiger partial charge >= 0.3 is 12.0 Å². The number of likely N-dealkylation sites (tertiary alicyclic amines) is 2. The van der Waals surface area contributed by atoms with Gasteiger partial charge in [0.25, 0.3) is 0 Å². The van der Waals surface area contributed by atoms with Crippen molar-refractivity contribution in [2.24, 2.45) is 11.8 Å². The SMILES string of the molecule is CN1CCCC(CNC(=O)N2CC(CC(=O)O)C2)C1. The molecule has 0 saturated carbocycles. The van der Waals surface area contributed by atoms with Gasteiger partial charge in [0.1, 0.15) is 0 Å². The van der Waals surface area contributed by atoms with Crippen LogP contribution in [-0.4, -0.2) is 66.7 Å². The van der Waals surface area contributed by atoms with Crippen molar-refractivity contribution in [3.8, 4) is 0 Å². The summed E-state index contributed by atoms with van der Waals surface area (Å²) in [5.74, 6) is -0.113. The van der Waals surface area contributed by atoms with Crippen molar-refractivity contribution in [2.45, 2.75) is 19.3 Å². The third-order valence-electron chi connectivity index (χ3n) is 3.97. The molecule has 0 radical (unpaired) electrons. The number of carboxylic acid groups (broad SMARTS) is 1. The Morgan fingerprint density at radius 2 is 2.00 bits per heavy atom. The molecule has 108 valence electrons. The van der Waals surface area contributed by atoms with E-state index in [9.17, 15) is 9.59 Å². The lowest BCUT2D eigenvalue weighted by molar-refractivity contribution is -0.139. The summed E-state index contributed by atoms with van der Waals surface area (Å²) >= 11 is 0. The molecule has 2 fully saturated rings. The molecular formula is C13H23N3O3. The predicted octanol–water partition coefficient (Wildman–Crippen LogP) is 0.444. The minimum absolute atomic E-state index is 0.0464. The molecule has 2 rings (SSSR count). The second kappa shape index (κ2) is 6.23. The number of hydrogen-bond donors (Lipinski definition) is 2. The zero-order chi connectivity index (χ0) is 13.8. The van der Waals surface area contributed by atoms with E-state index < -0.39 is 5.97 Å². The molecular weight excluding hydrogens is 246 g/mol. The zero-order valence-corrected chi connectivity index (χ0v) is 11.5. The molecule has 1 atom stereocenters. The first-order chi connectivity index (χ1) is 9.04. The van der Waals surface area contributed by atoms with Crippen LogP contribution in [0.4, 0.5) is 4.79 Å². The highest BCUT2D eigenvalue weighted by atomic mass is 16.4. The monoisotopic (exact) mass is 269 g/mol. The third kappa shape index (κ3) is 4.09. The summed E-state index contributed by atoms with van der Waals surface area (Å²) in [7, 11) is 2.11. The number of aliphatic carboxylic acids is 1. The largest absolute Gasteiger partial charge is 0.481 e. The topological polar surface area (TPSA) is 72.9 Å². The van der Waals surface area contributed by atoms with Gasteiger partial charge < -0.3 is 20.2 Å². The molecule has 6 nitrogen and oxygen atoms in total. The molecule has 2 N–H and O–H groups in total. The quantitative estimate of drug-likeness (QED) is 0.777. The Bertz CT molecular complexity index is 342. The normalized spacial score (nSPS) is 24.9. The molecule has 2 aliphatic heterocycles. The maximum Gasteiger partial charge on any atom is 0.317 e. The summed E-state index contributed by atoms with van der Waals surface area (Å²) in [5.41, 5.74) is 0. The molecule has 2 heterocycles. The number of rotatable bonds is 4. The van der Waals surface area contributed by atoms with Gasteiger partial charge in [0.15, 0.2) is 0 Å². The lowest BCUT2D eigenvalue weighted by atomic mass is 9.96. The lowest BCUT2D eigenvalue weighted by Crippen LogP contribution is -2.55. The van der Waals surface area contributed by atoms with E-state index in [2.05, 4.69) is 17.3 Å². The van der Waals surface area contributed by atoms with Crippen molar-refractivity contribution >= 4 is 12.0 Å². The van der Waals surface area contributed by atoms with Crippen LogP contribution >= 0.6 is 0 Å².